The standard InChI is InChI=1S/C20H19ClN2O2/c21-17-9-6-16(7-10-17)12-13-22-20(24)19-14-18(23-25-19)11-8-15-4-2-1-3-5-15/h1-7,9-10,14H,8,11-13H2,(H,22,24). The maximum atomic E-state index is 12.1. The molecule has 1 N–H and O–H groups in total. The van der Waals surface area contributed by atoms with Gasteiger partial charge >= 0.3 is 0 Å². The van der Waals surface area contributed by atoms with Gasteiger partial charge in [0.25, 0.3) is 5.91 Å². The molecule has 0 aliphatic heterocycles. The first kappa shape index (κ1) is 17.2. The van der Waals surface area contributed by atoms with Crippen molar-refractivity contribution in [2.75, 3.05) is 6.54 Å². The molecule has 0 spiro atoms. The second kappa shape index (κ2) is 8.49. The smallest absolute Gasteiger partial charge is 0.289 e. The van der Waals surface area contributed by atoms with Gasteiger partial charge in [0.05, 0.1) is 5.69 Å². The third-order valence-corrected chi connectivity index (χ3v) is 4.16. The number of rotatable bonds is 7. The second-order valence-corrected chi connectivity index (χ2v) is 6.24. The van der Waals surface area contributed by atoms with Crippen molar-refractivity contribution in [1.82, 2.24) is 10.5 Å². The number of hydrogen-bond donors (Lipinski definition) is 1. The molecule has 0 atom stereocenters. The lowest BCUT2D eigenvalue weighted by atomic mass is 10.1. The van der Waals surface area contributed by atoms with E-state index < -0.39 is 0 Å². The van der Waals surface area contributed by atoms with Gasteiger partial charge in [-0.15, -0.1) is 0 Å². The summed E-state index contributed by atoms with van der Waals surface area (Å²) in [4.78, 5) is 12.1. The first-order valence-corrected chi connectivity index (χ1v) is 8.60. The molecule has 2 aromatic carbocycles. The highest BCUT2D eigenvalue weighted by Gasteiger charge is 2.12. The van der Waals surface area contributed by atoms with E-state index in [2.05, 4.69) is 22.6 Å². The average Bonchev–Trinajstić information content (AvgIpc) is 3.12. The fourth-order valence-corrected chi connectivity index (χ4v) is 2.64. The van der Waals surface area contributed by atoms with Crippen LogP contribution in [0.15, 0.2) is 65.2 Å². The molecule has 5 heteroatoms. The van der Waals surface area contributed by atoms with Gasteiger partial charge in [-0.3, -0.25) is 4.79 Å². The molecule has 1 heterocycles. The number of aromatic nitrogens is 1. The summed E-state index contributed by atoms with van der Waals surface area (Å²) in [7, 11) is 0. The summed E-state index contributed by atoms with van der Waals surface area (Å²) in [5, 5.41) is 7.53. The van der Waals surface area contributed by atoms with E-state index >= 15 is 0 Å². The molecule has 0 saturated heterocycles. The first-order chi connectivity index (χ1) is 12.2. The summed E-state index contributed by atoms with van der Waals surface area (Å²) in [6.45, 7) is 0.528. The Labute approximate surface area is 151 Å². The largest absolute Gasteiger partial charge is 0.351 e. The third-order valence-electron chi connectivity index (χ3n) is 3.91. The number of carbonyl (C=O) groups excluding carboxylic acids is 1. The molecule has 0 fully saturated rings. The summed E-state index contributed by atoms with van der Waals surface area (Å²) in [6, 6.07) is 19.5. The number of aryl methyl sites for hydroxylation is 2. The van der Waals surface area contributed by atoms with Crippen LogP contribution in [-0.4, -0.2) is 17.6 Å². The van der Waals surface area contributed by atoms with Gasteiger partial charge in [0.2, 0.25) is 5.76 Å². The van der Waals surface area contributed by atoms with Crippen molar-refractivity contribution in [3.05, 3.63) is 88.3 Å². The van der Waals surface area contributed by atoms with E-state index in [9.17, 15) is 4.79 Å². The van der Waals surface area contributed by atoms with E-state index in [-0.39, 0.29) is 11.7 Å². The van der Waals surface area contributed by atoms with Crippen LogP contribution in [-0.2, 0) is 19.3 Å². The fourth-order valence-electron chi connectivity index (χ4n) is 2.51. The molecule has 0 saturated carbocycles. The number of benzene rings is 2. The topological polar surface area (TPSA) is 55.1 Å². The van der Waals surface area contributed by atoms with Gasteiger partial charge < -0.3 is 9.84 Å². The predicted molar refractivity (Wildman–Crippen MR) is 97.8 cm³/mol. The zero-order valence-electron chi connectivity index (χ0n) is 13.7. The lowest BCUT2D eigenvalue weighted by molar-refractivity contribution is 0.0917. The molecule has 4 nitrogen and oxygen atoms in total. The number of amides is 1. The van der Waals surface area contributed by atoms with Gasteiger partial charge in [-0.05, 0) is 42.5 Å². The molecule has 3 aromatic rings. The van der Waals surface area contributed by atoms with Gasteiger partial charge in [0.1, 0.15) is 0 Å². The molecule has 0 aliphatic carbocycles. The minimum atomic E-state index is -0.243. The van der Waals surface area contributed by atoms with Gasteiger partial charge in [-0.25, -0.2) is 0 Å². The Morgan fingerprint density at radius 3 is 2.44 bits per heavy atom. The van der Waals surface area contributed by atoms with Gasteiger partial charge in [-0.1, -0.05) is 59.2 Å². The van der Waals surface area contributed by atoms with E-state index in [4.69, 9.17) is 16.1 Å². The Kier molecular flexibility index (Phi) is 5.86. The van der Waals surface area contributed by atoms with Crippen LogP contribution in [0.25, 0.3) is 0 Å². The molecule has 0 radical (unpaired) electrons. The zero-order chi connectivity index (χ0) is 17.5. The molecular weight excluding hydrogens is 336 g/mol. The number of halogens is 1. The van der Waals surface area contributed by atoms with Crippen LogP contribution in [0.5, 0.6) is 0 Å². The van der Waals surface area contributed by atoms with Gasteiger partial charge in [0.15, 0.2) is 0 Å². The second-order valence-electron chi connectivity index (χ2n) is 5.80. The van der Waals surface area contributed by atoms with Gasteiger partial charge in [-0.2, -0.15) is 0 Å². The Bertz CT molecular complexity index is 813. The Morgan fingerprint density at radius 1 is 0.960 bits per heavy atom. The van der Waals surface area contributed by atoms with Gasteiger partial charge in [0, 0.05) is 17.6 Å². The Hall–Kier alpha value is -2.59. The number of carbonyl (C=O) groups is 1. The molecular formula is C20H19ClN2O2. The van der Waals surface area contributed by atoms with E-state index in [1.54, 1.807) is 6.07 Å². The lowest BCUT2D eigenvalue weighted by Crippen LogP contribution is -2.25. The molecule has 0 bridgehead atoms. The number of nitrogens with zero attached hydrogens (tertiary/aromatic N) is 1. The van der Waals surface area contributed by atoms with E-state index in [0.29, 0.717) is 11.6 Å². The molecule has 1 aromatic heterocycles. The normalized spacial score (nSPS) is 10.6. The average molecular weight is 355 g/mol. The van der Waals surface area contributed by atoms with Crippen LogP contribution in [0.2, 0.25) is 5.02 Å². The van der Waals surface area contributed by atoms with E-state index in [0.717, 1.165) is 30.5 Å². The van der Waals surface area contributed by atoms with Crippen LogP contribution >= 0.6 is 11.6 Å². The maximum Gasteiger partial charge on any atom is 0.289 e. The van der Waals surface area contributed by atoms with Crippen molar-refractivity contribution in [1.29, 1.82) is 0 Å². The summed E-state index contributed by atoms with van der Waals surface area (Å²) in [5.41, 5.74) is 3.14. The highest BCUT2D eigenvalue weighted by atomic mass is 35.5. The van der Waals surface area contributed by atoms with Crippen molar-refractivity contribution in [3.63, 3.8) is 0 Å². The number of nitrogens with one attached hydrogen (secondary N) is 1. The van der Waals surface area contributed by atoms with Crippen molar-refractivity contribution in [2.24, 2.45) is 0 Å². The summed E-state index contributed by atoms with van der Waals surface area (Å²) in [5.74, 6) is 0.00610. The Balaban J connectivity index is 1.46. The van der Waals surface area contributed by atoms with Crippen LogP contribution in [0.3, 0.4) is 0 Å². The minimum absolute atomic E-state index is 0.243. The third kappa shape index (κ3) is 5.19. The molecule has 0 aliphatic rings. The lowest BCUT2D eigenvalue weighted by Gasteiger charge is -2.03. The monoisotopic (exact) mass is 354 g/mol. The predicted octanol–water partition coefficient (Wildman–Crippen LogP) is 4.09. The summed E-state index contributed by atoms with van der Waals surface area (Å²) >= 11 is 5.85. The molecule has 128 valence electrons. The molecule has 3 rings (SSSR count). The molecule has 1 amide bonds. The minimum Gasteiger partial charge on any atom is -0.351 e. The maximum absolute atomic E-state index is 12.1. The quantitative estimate of drug-likeness (QED) is 0.695. The van der Waals surface area contributed by atoms with Crippen molar-refractivity contribution >= 4 is 17.5 Å². The number of hydrogen-bond acceptors (Lipinski definition) is 3. The van der Waals surface area contributed by atoms with Crippen LogP contribution < -0.4 is 5.32 Å². The Morgan fingerprint density at radius 2 is 1.68 bits per heavy atom. The van der Waals surface area contributed by atoms with Crippen LogP contribution in [0.4, 0.5) is 0 Å². The summed E-state index contributed by atoms with van der Waals surface area (Å²) in [6.07, 6.45) is 2.34. The molecule has 0 unspecified atom stereocenters. The molecule has 25 heavy (non-hydrogen) atoms. The van der Waals surface area contributed by atoms with Crippen molar-refractivity contribution < 1.29 is 9.32 Å². The van der Waals surface area contributed by atoms with E-state index in [1.165, 1.54) is 5.56 Å². The van der Waals surface area contributed by atoms with Crippen molar-refractivity contribution in [2.45, 2.75) is 19.3 Å². The summed E-state index contributed by atoms with van der Waals surface area (Å²) < 4.78 is 5.15. The van der Waals surface area contributed by atoms with Crippen LogP contribution in [0, 0.1) is 0 Å². The van der Waals surface area contributed by atoms with E-state index in [1.807, 2.05) is 42.5 Å². The zero-order valence-corrected chi connectivity index (χ0v) is 14.5. The first-order valence-electron chi connectivity index (χ1n) is 8.23. The highest BCUT2D eigenvalue weighted by Crippen LogP contribution is 2.10. The SMILES string of the molecule is O=C(NCCc1ccc(Cl)cc1)c1cc(CCc2ccccc2)no1. The highest BCUT2D eigenvalue weighted by molar-refractivity contribution is 6.30. The van der Waals surface area contributed by atoms with Crippen molar-refractivity contribution in [3.8, 4) is 0 Å². The fraction of sp³-hybridized carbons (Fsp3) is 0.200. The van der Waals surface area contributed by atoms with Crippen LogP contribution in [0.1, 0.15) is 27.4 Å².